The molecule has 0 radical (unpaired) electrons. The lowest BCUT2D eigenvalue weighted by Crippen LogP contribution is -2.32. The van der Waals surface area contributed by atoms with Gasteiger partial charge < -0.3 is 9.32 Å². The first-order valence-corrected chi connectivity index (χ1v) is 10.7. The Hall–Kier alpha value is -3.20. The lowest BCUT2D eigenvalue weighted by atomic mass is 10.1. The van der Waals surface area contributed by atoms with Crippen LogP contribution in [-0.4, -0.2) is 41.6 Å². The number of aryl methyl sites for hydroxylation is 2. The third-order valence-electron chi connectivity index (χ3n) is 4.92. The molecular weight excluding hydrogens is 400 g/mol. The molecule has 0 N–H and O–H groups in total. The van der Waals surface area contributed by atoms with E-state index in [1.807, 2.05) is 44.4 Å². The Morgan fingerprint density at radius 1 is 1.20 bits per heavy atom. The van der Waals surface area contributed by atoms with Gasteiger partial charge in [-0.3, -0.25) is 9.78 Å². The normalized spacial score (nSPS) is 11.2. The molecule has 0 unspecified atom stereocenters. The minimum absolute atomic E-state index is 0.0205. The molecule has 0 bridgehead atoms. The molecular formula is C21H22N6O2S. The van der Waals surface area contributed by atoms with E-state index in [0.717, 1.165) is 28.3 Å². The first-order valence-electron chi connectivity index (χ1n) is 9.51. The van der Waals surface area contributed by atoms with Gasteiger partial charge >= 0.3 is 0 Å². The molecule has 0 aliphatic rings. The average Bonchev–Trinajstić information content (AvgIpc) is 3.41. The predicted octanol–water partition coefficient (Wildman–Crippen LogP) is 3.22. The summed E-state index contributed by atoms with van der Waals surface area (Å²) >= 11 is 1.46. The molecule has 0 aromatic carbocycles. The third kappa shape index (κ3) is 4.20. The van der Waals surface area contributed by atoms with Crippen LogP contribution in [0.4, 0.5) is 0 Å². The number of carbonyl (C=O) groups excluding carboxylic acids is 1. The molecule has 0 fully saturated rings. The van der Waals surface area contributed by atoms with Crippen LogP contribution < -0.4 is 0 Å². The molecule has 0 spiro atoms. The average molecular weight is 423 g/mol. The van der Waals surface area contributed by atoms with Gasteiger partial charge in [-0.05, 0) is 43.9 Å². The molecule has 4 aromatic rings. The Bertz CT molecular complexity index is 1160. The van der Waals surface area contributed by atoms with Gasteiger partial charge in [0.2, 0.25) is 11.1 Å². The lowest BCUT2D eigenvalue weighted by molar-refractivity contribution is -0.132. The van der Waals surface area contributed by atoms with Gasteiger partial charge in [0.05, 0.1) is 19.2 Å². The fraction of sp³-hybridized carbons (Fsp3) is 0.286. The van der Waals surface area contributed by atoms with Crippen LogP contribution >= 0.6 is 11.8 Å². The van der Waals surface area contributed by atoms with Crippen molar-refractivity contribution < 1.29 is 9.21 Å². The van der Waals surface area contributed by atoms with Crippen molar-refractivity contribution in [3.05, 3.63) is 71.2 Å². The number of rotatable bonds is 7. The van der Waals surface area contributed by atoms with Gasteiger partial charge in [-0.1, -0.05) is 17.8 Å². The Balaban J connectivity index is 1.63. The first-order chi connectivity index (χ1) is 14.5. The topological polar surface area (TPSA) is 89.4 Å². The van der Waals surface area contributed by atoms with E-state index in [4.69, 9.17) is 4.42 Å². The highest BCUT2D eigenvalue weighted by atomic mass is 32.2. The number of pyridine rings is 1. The van der Waals surface area contributed by atoms with Crippen molar-refractivity contribution in [1.82, 2.24) is 29.5 Å². The van der Waals surface area contributed by atoms with E-state index >= 15 is 0 Å². The molecule has 0 saturated carbocycles. The molecule has 4 heterocycles. The Morgan fingerprint density at radius 2 is 2.07 bits per heavy atom. The second-order valence-electron chi connectivity index (χ2n) is 6.94. The molecule has 0 saturated heterocycles. The SMILES string of the molecule is CSc1nc2nc(C)c(CC(=O)N(Cc3cccnc3)Cc3ccco3)c(C)n2n1. The van der Waals surface area contributed by atoms with Gasteiger partial charge in [-0.2, -0.15) is 4.98 Å². The number of aromatic nitrogens is 5. The van der Waals surface area contributed by atoms with Gasteiger partial charge in [0, 0.05) is 35.9 Å². The van der Waals surface area contributed by atoms with Crippen LogP contribution in [0.15, 0.2) is 52.5 Å². The number of carbonyl (C=O) groups is 1. The molecule has 0 aliphatic heterocycles. The molecule has 0 aliphatic carbocycles. The zero-order valence-corrected chi connectivity index (χ0v) is 17.9. The van der Waals surface area contributed by atoms with E-state index in [1.165, 1.54) is 11.8 Å². The van der Waals surface area contributed by atoms with Crippen LogP contribution in [0.3, 0.4) is 0 Å². The highest BCUT2D eigenvalue weighted by Gasteiger charge is 2.21. The fourth-order valence-electron chi connectivity index (χ4n) is 3.33. The fourth-order valence-corrected chi connectivity index (χ4v) is 3.67. The molecule has 4 rings (SSSR count). The van der Waals surface area contributed by atoms with Crippen molar-refractivity contribution in [2.24, 2.45) is 0 Å². The van der Waals surface area contributed by atoms with Gasteiger partial charge in [-0.25, -0.2) is 9.50 Å². The molecule has 4 aromatic heterocycles. The summed E-state index contributed by atoms with van der Waals surface area (Å²) in [4.78, 5) is 28.2. The van der Waals surface area contributed by atoms with Crippen molar-refractivity contribution in [2.45, 2.75) is 38.5 Å². The van der Waals surface area contributed by atoms with E-state index < -0.39 is 0 Å². The lowest BCUT2D eigenvalue weighted by Gasteiger charge is -2.22. The predicted molar refractivity (Wildman–Crippen MR) is 113 cm³/mol. The maximum Gasteiger partial charge on any atom is 0.253 e. The highest BCUT2D eigenvalue weighted by molar-refractivity contribution is 7.98. The quantitative estimate of drug-likeness (QED) is 0.422. The van der Waals surface area contributed by atoms with E-state index in [1.54, 1.807) is 28.1 Å². The number of hydrogen-bond donors (Lipinski definition) is 0. The minimum atomic E-state index is -0.0205. The summed E-state index contributed by atoms with van der Waals surface area (Å²) in [6.45, 7) is 4.68. The van der Waals surface area contributed by atoms with Crippen molar-refractivity contribution in [3.63, 3.8) is 0 Å². The maximum atomic E-state index is 13.3. The van der Waals surface area contributed by atoms with E-state index in [9.17, 15) is 4.79 Å². The molecule has 0 atom stereocenters. The van der Waals surface area contributed by atoms with Gasteiger partial charge in [0.15, 0.2) is 0 Å². The van der Waals surface area contributed by atoms with Crippen LogP contribution in [0, 0.1) is 13.8 Å². The van der Waals surface area contributed by atoms with Crippen LogP contribution in [0.1, 0.15) is 28.3 Å². The molecule has 9 heteroatoms. The summed E-state index contributed by atoms with van der Waals surface area (Å²) in [7, 11) is 0. The maximum absolute atomic E-state index is 13.3. The molecule has 30 heavy (non-hydrogen) atoms. The van der Waals surface area contributed by atoms with E-state index in [0.29, 0.717) is 24.0 Å². The summed E-state index contributed by atoms with van der Waals surface area (Å²) in [5.41, 5.74) is 3.48. The smallest absolute Gasteiger partial charge is 0.253 e. The zero-order valence-electron chi connectivity index (χ0n) is 17.1. The third-order valence-corrected chi connectivity index (χ3v) is 5.45. The Labute approximate surface area is 178 Å². The summed E-state index contributed by atoms with van der Waals surface area (Å²) in [6.07, 6.45) is 7.24. The van der Waals surface area contributed by atoms with Crippen LogP contribution in [-0.2, 0) is 24.3 Å². The van der Waals surface area contributed by atoms with E-state index in [-0.39, 0.29) is 12.3 Å². The number of thioether (sulfide) groups is 1. The van der Waals surface area contributed by atoms with Crippen molar-refractivity contribution in [3.8, 4) is 0 Å². The number of hydrogen-bond acceptors (Lipinski definition) is 7. The number of amides is 1. The molecule has 8 nitrogen and oxygen atoms in total. The van der Waals surface area contributed by atoms with Crippen molar-refractivity contribution in [2.75, 3.05) is 6.26 Å². The van der Waals surface area contributed by atoms with Gasteiger partial charge in [0.1, 0.15) is 5.76 Å². The van der Waals surface area contributed by atoms with Crippen LogP contribution in [0.25, 0.3) is 5.78 Å². The second-order valence-corrected chi connectivity index (χ2v) is 7.71. The standard InChI is InChI=1S/C21H22N6O2S/c1-14-18(15(2)27-20(23-14)24-21(25-27)30-3)10-19(28)26(13-17-7-5-9-29-17)12-16-6-4-8-22-11-16/h4-9,11H,10,12-13H2,1-3H3. The number of fused-ring (bicyclic) bond motifs is 1. The van der Waals surface area contributed by atoms with Crippen LogP contribution in [0.5, 0.6) is 0 Å². The summed E-state index contributed by atoms with van der Waals surface area (Å²) in [5, 5.41) is 5.13. The second kappa shape index (κ2) is 8.66. The summed E-state index contributed by atoms with van der Waals surface area (Å²) in [5.74, 6) is 1.26. The number of furan rings is 1. The highest BCUT2D eigenvalue weighted by Crippen LogP contribution is 2.19. The minimum Gasteiger partial charge on any atom is -0.467 e. The Kier molecular flexibility index (Phi) is 5.80. The van der Waals surface area contributed by atoms with Gasteiger partial charge in [0.25, 0.3) is 5.78 Å². The van der Waals surface area contributed by atoms with Crippen molar-refractivity contribution in [1.29, 1.82) is 0 Å². The van der Waals surface area contributed by atoms with Crippen molar-refractivity contribution >= 4 is 23.4 Å². The summed E-state index contributed by atoms with van der Waals surface area (Å²) < 4.78 is 7.18. The van der Waals surface area contributed by atoms with Crippen LogP contribution in [0.2, 0.25) is 0 Å². The monoisotopic (exact) mass is 422 g/mol. The Morgan fingerprint density at radius 3 is 2.77 bits per heavy atom. The van der Waals surface area contributed by atoms with E-state index in [2.05, 4.69) is 20.1 Å². The summed E-state index contributed by atoms with van der Waals surface area (Å²) in [6, 6.07) is 7.51. The number of nitrogens with zero attached hydrogens (tertiary/aromatic N) is 6. The zero-order chi connectivity index (χ0) is 21.1. The molecule has 1 amide bonds. The van der Waals surface area contributed by atoms with Gasteiger partial charge in [-0.15, -0.1) is 5.10 Å². The first kappa shape index (κ1) is 20.1. The largest absolute Gasteiger partial charge is 0.467 e. The molecule has 154 valence electrons.